The SMILES string of the molecule is CCCCCCCCCNC(=NC)NCCCCN1CCC(C(N)=O)CC1.I. The van der Waals surface area contributed by atoms with Crippen LogP contribution in [0.1, 0.15) is 77.6 Å². The van der Waals surface area contributed by atoms with Gasteiger partial charge in [0.2, 0.25) is 5.91 Å². The molecule has 1 amide bonds. The van der Waals surface area contributed by atoms with E-state index in [-0.39, 0.29) is 35.8 Å². The van der Waals surface area contributed by atoms with Crippen LogP contribution in [0.5, 0.6) is 0 Å². The Hall–Kier alpha value is -0.570. The lowest BCUT2D eigenvalue weighted by Crippen LogP contribution is -2.40. The number of carbonyl (C=O) groups excluding carboxylic acids is 1. The van der Waals surface area contributed by atoms with Gasteiger partial charge in [-0.2, -0.15) is 0 Å². The van der Waals surface area contributed by atoms with Gasteiger partial charge in [0.05, 0.1) is 0 Å². The molecule has 1 heterocycles. The fourth-order valence-corrected chi connectivity index (χ4v) is 3.62. The van der Waals surface area contributed by atoms with Crippen molar-refractivity contribution in [3.63, 3.8) is 0 Å². The Balaban J connectivity index is 0.00000729. The van der Waals surface area contributed by atoms with E-state index >= 15 is 0 Å². The second-order valence-electron chi connectivity index (χ2n) is 7.77. The van der Waals surface area contributed by atoms with Crippen molar-refractivity contribution in [3.05, 3.63) is 0 Å². The molecule has 0 bridgehead atoms. The maximum atomic E-state index is 11.2. The molecule has 0 spiro atoms. The smallest absolute Gasteiger partial charge is 0.220 e. The first-order valence-electron chi connectivity index (χ1n) is 11.1. The van der Waals surface area contributed by atoms with Gasteiger partial charge in [-0.15, -0.1) is 24.0 Å². The number of nitrogens with two attached hydrogens (primary N) is 1. The first kappa shape index (κ1) is 27.4. The van der Waals surface area contributed by atoms with Crippen molar-refractivity contribution >= 4 is 35.8 Å². The largest absolute Gasteiger partial charge is 0.369 e. The van der Waals surface area contributed by atoms with Gasteiger partial charge in [-0.3, -0.25) is 9.79 Å². The molecule has 0 aromatic heterocycles. The third-order valence-electron chi connectivity index (χ3n) is 5.48. The number of nitrogens with one attached hydrogen (secondary N) is 2. The van der Waals surface area contributed by atoms with Gasteiger partial charge in [-0.1, -0.05) is 45.4 Å². The minimum absolute atomic E-state index is 0. The molecule has 1 aliphatic heterocycles. The van der Waals surface area contributed by atoms with Gasteiger partial charge in [0.15, 0.2) is 5.96 Å². The molecule has 0 aromatic rings. The average Bonchev–Trinajstić information content (AvgIpc) is 2.68. The monoisotopic (exact) mass is 509 g/mol. The quantitative estimate of drug-likeness (QED) is 0.145. The zero-order chi connectivity index (χ0) is 19.7. The van der Waals surface area contributed by atoms with Crippen LogP contribution in [0.3, 0.4) is 0 Å². The molecule has 1 saturated heterocycles. The van der Waals surface area contributed by atoms with Crippen molar-refractivity contribution in [2.45, 2.75) is 77.6 Å². The van der Waals surface area contributed by atoms with E-state index in [1.54, 1.807) is 0 Å². The summed E-state index contributed by atoms with van der Waals surface area (Å²) in [6, 6.07) is 0. The average molecular weight is 510 g/mol. The number of rotatable bonds is 14. The third kappa shape index (κ3) is 13.6. The van der Waals surface area contributed by atoms with Gasteiger partial charge < -0.3 is 21.3 Å². The number of primary amides is 1. The molecule has 0 saturated carbocycles. The number of nitrogens with zero attached hydrogens (tertiary/aromatic N) is 2. The summed E-state index contributed by atoms with van der Waals surface area (Å²) < 4.78 is 0. The standard InChI is InChI=1S/C21H43N5O.HI/c1-3-4-5-6-7-8-9-14-24-21(23-2)25-15-10-11-16-26-17-12-19(13-18-26)20(22)27;/h19H,3-18H2,1-2H3,(H2,22,27)(H2,23,24,25);1H. The van der Waals surface area contributed by atoms with E-state index < -0.39 is 0 Å². The molecule has 0 unspecified atom stereocenters. The summed E-state index contributed by atoms with van der Waals surface area (Å²) in [5.74, 6) is 0.881. The predicted molar refractivity (Wildman–Crippen MR) is 130 cm³/mol. The molecule has 1 aliphatic rings. The number of piperidine rings is 1. The van der Waals surface area contributed by atoms with E-state index in [4.69, 9.17) is 5.73 Å². The zero-order valence-corrected chi connectivity index (χ0v) is 20.5. The number of aliphatic imine (C=N–C) groups is 1. The van der Waals surface area contributed by atoms with E-state index in [0.717, 1.165) is 57.9 Å². The van der Waals surface area contributed by atoms with Crippen molar-refractivity contribution in [1.82, 2.24) is 15.5 Å². The number of amides is 1. The molecule has 6 nitrogen and oxygen atoms in total. The second kappa shape index (κ2) is 18.5. The summed E-state index contributed by atoms with van der Waals surface area (Å²) in [6.45, 7) is 7.33. The van der Waals surface area contributed by atoms with Gasteiger partial charge >= 0.3 is 0 Å². The predicted octanol–water partition coefficient (Wildman–Crippen LogP) is 3.50. The normalized spacial score (nSPS) is 15.9. The van der Waals surface area contributed by atoms with Crippen LogP contribution in [0, 0.1) is 5.92 Å². The topological polar surface area (TPSA) is 82.8 Å². The summed E-state index contributed by atoms with van der Waals surface area (Å²) >= 11 is 0. The minimum Gasteiger partial charge on any atom is -0.369 e. The number of hydrogen-bond acceptors (Lipinski definition) is 3. The van der Waals surface area contributed by atoms with Gasteiger partial charge in [-0.05, 0) is 51.7 Å². The number of likely N-dealkylation sites (tertiary alicyclic amines) is 1. The maximum absolute atomic E-state index is 11.2. The van der Waals surface area contributed by atoms with Gasteiger partial charge in [-0.25, -0.2) is 0 Å². The van der Waals surface area contributed by atoms with Crippen LogP contribution < -0.4 is 16.4 Å². The number of guanidine groups is 1. The number of carbonyl (C=O) groups is 1. The Morgan fingerprint density at radius 1 is 0.964 bits per heavy atom. The highest BCUT2D eigenvalue weighted by molar-refractivity contribution is 14.0. The van der Waals surface area contributed by atoms with Gasteiger partial charge in [0, 0.05) is 26.1 Å². The van der Waals surface area contributed by atoms with Crippen molar-refractivity contribution in [2.24, 2.45) is 16.6 Å². The molecule has 1 fully saturated rings. The van der Waals surface area contributed by atoms with E-state index in [9.17, 15) is 4.79 Å². The Bertz CT molecular complexity index is 412. The molecular formula is C21H44IN5O. The fraction of sp³-hybridized carbons (Fsp3) is 0.905. The molecule has 0 atom stereocenters. The summed E-state index contributed by atoms with van der Waals surface area (Å²) in [6.07, 6.45) is 13.5. The highest BCUT2D eigenvalue weighted by Crippen LogP contribution is 2.16. The van der Waals surface area contributed by atoms with Crippen molar-refractivity contribution in [1.29, 1.82) is 0 Å². The van der Waals surface area contributed by atoms with Crippen molar-refractivity contribution in [2.75, 3.05) is 39.8 Å². The van der Waals surface area contributed by atoms with Crippen LogP contribution in [0.25, 0.3) is 0 Å². The van der Waals surface area contributed by atoms with Crippen LogP contribution in [-0.4, -0.2) is 56.5 Å². The Morgan fingerprint density at radius 2 is 1.50 bits per heavy atom. The van der Waals surface area contributed by atoms with Crippen LogP contribution in [-0.2, 0) is 4.79 Å². The molecule has 0 aromatic carbocycles. The van der Waals surface area contributed by atoms with E-state index in [0.29, 0.717) is 0 Å². The summed E-state index contributed by atoms with van der Waals surface area (Å²) in [5.41, 5.74) is 5.39. The summed E-state index contributed by atoms with van der Waals surface area (Å²) in [7, 11) is 1.84. The van der Waals surface area contributed by atoms with Crippen LogP contribution in [0.4, 0.5) is 0 Å². The van der Waals surface area contributed by atoms with Crippen molar-refractivity contribution < 1.29 is 4.79 Å². The highest BCUT2D eigenvalue weighted by Gasteiger charge is 2.22. The lowest BCUT2D eigenvalue weighted by atomic mass is 9.96. The Labute approximate surface area is 189 Å². The Kier molecular flexibility index (Phi) is 18.1. The first-order chi connectivity index (χ1) is 13.2. The van der Waals surface area contributed by atoms with Gasteiger partial charge in [0.25, 0.3) is 0 Å². The van der Waals surface area contributed by atoms with E-state index in [2.05, 4.69) is 27.4 Å². The van der Waals surface area contributed by atoms with Crippen LogP contribution in [0.2, 0.25) is 0 Å². The second-order valence-corrected chi connectivity index (χ2v) is 7.77. The lowest BCUT2D eigenvalue weighted by molar-refractivity contribution is -0.123. The third-order valence-corrected chi connectivity index (χ3v) is 5.48. The Morgan fingerprint density at radius 3 is 2.04 bits per heavy atom. The summed E-state index contributed by atoms with van der Waals surface area (Å²) in [5, 5.41) is 6.82. The molecule has 0 aliphatic carbocycles. The molecular weight excluding hydrogens is 465 g/mol. The highest BCUT2D eigenvalue weighted by atomic mass is 127. The molecule has 28 heavy (non-hydrogen) atoms. The number of unbranched alkanes of at least 4 members (excludes halogenated alkanes) is 7. The fourth-order valence-electron chi connectivity index (χ4n) is 3.62. The maximum Gasteiger partial charge on any atom is 0.220 e. The number of halogens is 1. The molecule has 7 heteroatoms. The molecule has 4 N–H and O–H groups in total. The zero-order valence-electron chi connectivity index (χ0n) is 18.2. The van der Waals surface area contributed by atoms with E-state index in [1.807, 2.05) is 7.05 Å². The van der Waals surface area contributed by atoms with Crippen molar-refractivity contribution in [3.8, 4) is 0 Å². The van der Waals surface area contributed by atoms with Gasteiger partial charge in [0.1, 0.15) is 0 Å². The molecule has 166 valence electrons. The lowest BCUT2D eigenvalue weighted by Gasteiger charge is -2.30. The number of hydrogen-bond donors (Lipinski definition) is 3. The molecule has 0 radical (unpaired) electrons. The minimum atomic E-state index is -0.130. The van der Waals surface area contributed by atoms with Crippen LogP contribution >= 0.6 is 24.0 Å². The summed E-state index contributed by atoms with van der Waals surface area (Å²) in [4.78, 5) is 17.9. The van der Waals surface area contributed by atoms with Crippen LogP contribution in [0.15, 0.2) is 4.99 Å². The first-order valence-corrected chi connectivity index (χ1v) is 11.1. The van der Waals surface area contributed by atoms with E-state index in [1.165, 1.54) is 51.4 Å². The molecule has 1 rings (SSSR count).